The van der Waals surface area contributed by atoms with E-state index in [0.29, 0.717) is 17.9 Å². The van der Waals surface area contributed by atoms with Gasteiger partial charge in [-0.25, -0.2) is 9.67 Å². The van der Waals surface area contributed by atoms with Crippen LogP contribution in [0, 0.1) is 6.92 Å². The Kier molecular flexibility index (Phi) is 4.23. The third-order valence-corrected chi connectivity index (χ3v) is 3.23. The summed E-state index contributed by atoms with van der Waals surface area (Å²) in [6.07, 6.45) is 3.23. The summed E-state index contributed by atoms with van der Waals surface area (Å²) >= 11 is 3.30. The molecular weight excluding hydrogens is 312 g/mol. The van der Waals surface area contributed by atoms with Gasteiger partial charge >= 0.3 is 0 Å². The maximum absolute atomic E-state index is 11.8. The molecule has 0 spiro atoms. The summed E-state index contributed by atoms with van der Waals surface area (Å²) in [5.74, 6) is -0.197. The SMILES string of the molecule is Cc1cc(NC(=O)Cn2cc(CN)nn2)cnc1Br. The van der Waals surface area contributed by atoms with E-state index in [-0.39, 0.29) is 12.5 Å². The number of hydrogen-bond acceptors (Lipinski definition) is 5. The van der Waals surface area contributed by atoms with Crippen LogP contribution in [0.4, 0.5) is 5.69 Å². The summed E-state index contributed by atoms with van der Waals surface area (Å²) in [6.45, 7) is 2.29. The number of nitrogens with one attached hydrogen (secondary N) is 1. The van der Waals surface area contributed by atoms with Crippen LogP contribution in [0.3, 0.4) is 0 Å². The zero-order valence-corrected chi connectivity index (χ0v) is 11.9. The number of nitrogens with zero attached hydrogens (tertiary/aromatic N) is 4. The van der Waals surface area contributed by atoms with Gasteiger partial charge in [0.15, 0.2) is 0 Å². The first kappa shape index (κ1) is 13.6. The molecule has 8 heteroatoms. The number of aromatic nitrogens is 4. The normalized spacial score (nSPS) is 10.5. The van der Waals surface area contributed by atoms with E-state index in [4.69, 9.17) is 5.73 Å². The van der Waals surface area contributed by atoms with E-state index in [0.717, 1.165) is 10.2 Å². The molecule has 2 aromatic rings. The maximum atomic E-state index is 11.8. The Morgan fingerprint density at radius 1 is 1.58 bits per heavy atom. The van der Waals surface area contributed by atoms with Gasteiger partial charge in [0.2, 0.25) is 5.91 Å². The van der Waals surface area contributed by atoms with Crippen molar-refractivity contribution in [3.63, 3.8) is 0 Å². The Bertz CT molecular complexity index is 597. The molecule has 0 atom stereocenters. The molecule has 0 aromatic carbocycles. The summed E-state index contributed by atoms with van der Waals surface area (Å²) < 4.78 is 2.20. The Labute approximate surface area is 118 Å². The average Bonchev–Trinajstić information content (AvgIpc) is 2.81. The monoisotopic (exact) mass is 324 g/mol. The lowest BCUT2D eigenvalue weighted by Gasteiger charge is -2.06. The number of anilines is 1. The molecule has 0 aliphatic heterocycles. The van der Waals surface area contributed by atoms with Crippen LogP contribution in [-0.2, 0) is 17.9 Å². The molecule has 0 saturated carbocycles. The van der Waals surface area contributed by atoms with Gasteiger partial charge in [0.25, 0.3) is 0 Å². The lowest BCUT2D eigenvalue weighted by atomic mass is 10.3. The zero-order chi connectivity index (χ0) is 13.8. The van der Waals surface area contributed by atoms with Gasteiger partial charge in [-0.1, -0.05) is 5.21 Å². The number of amides is 1. The lowest BCUT2D eigenvalue weighted by molar-refractivity contribution is -0.116. The number of hydrogen-bond donors (Lipinski definition) is 2. The van der Waals surface area contributed by atoms with Crippen LogP contribution in [0.1, 0.15) is 11.3 Å². The average molecular weight is 325 g/mol. The van der Waals surface area contributed by atoms with Crippen molar-refractivity contribution in [1.82, 2.24) is 20.0 Å². The molecule has 0 aliphatic carbocycles. The molecular formula is C11H13BrN6O. The number of halogens is 1. The number of rotatable bonds is 4. The van der Waals surface area contributed by atoms with Crippen molar-refractivity contribution >= 4 is 27.5 Å². The number of pyridine rings is 1. The Balaban J connectivity index is 1.98. The quantitative estimate of drug-likeness (QED) is 0.812. The highest BCUT2D eigenvalue weighted by Gasteiger charge is 2.07. The van der Waals surface area contributed by atoms with Gasteiger partial charge in [-0.15, -0.1) is 5.10 Å². The van der Waals surface area contributed by atoms with E-state index in [2.05, 4.69) is 36.5 Å². The van der Waals surface area contributed by atoms with Gasteiger partial charge in [-0.05, 0) is 34.5 Å². The highest BCUT2D eigenvalue weighted by atomic mass is 79.9. The Morgan fingerprint density at radius 3 is 3.00 bits per heavy atom. The predicted octanol–water partition coefficient (Wildman–Crippen LogP) is 0.841. The number of nitrogens with two attached hydrogens (primary N) is 1. The largest absolute Gasteiger partial charge is 0.325 e. The van der Waals surface area contributed by atoms with E-state index in [9.17, 15) is 4.79 Å². The van der Waals surface area contributed by atoms with Gasteiger partial charge in [-0.2, -0.15) is 0 Å². The van der Waals surface area contributed by atoms with Crippen LogP contribution >= 0.6 is 15.9 Å². The van der Waals surface area contributed by atoms with Crippen molar-refractivity contribution in [3.05, 3.63) is 34.3 Å². The first-order valence-corrected chi connectivity index (χ1v) is 6.39. The van der Waals surface area contributed by atoms with Crippen LogP contribution in [0.5, 0.6) is 0 Å². The van der Waals surface area contributed by atoms with Gasteiger partial charge in [0, 0.05) is 6.54 Å². The highest BCUT2D eigenvalue weighted by Crippen LogP contribution is 2.16. The van der Waals surface area contributed by atoms with Crippen molar-refractivity contribution < 1.29 is 4.79 Å². The summed E-state index contributed by atoms with van der Waals surface area (Å²) in [5.41, 5.74) is 7.66. The van der Waals surface area contributed by atoms with Crippen LogP contribution in [0.15, 0.2) is 23.1 Å². The third kappa shape index (κ3) is 3.58. The second-order valence-electron chi connectivity index (χ2n) is 3.99. The van der Waals surface area contributed by atoms with E-state index < -0.39 is 0 Å². The molecule has 0 radical (unpaired) electrons. The van der Waals surface area contributed by atoms with E-state index >= 15 is 0 Å². The van der Waals surface area contributed by atoms with Gasteiger partial charge in [0.05, 0.1) is 23.8 Å². The van der Waals surface area contributed by atoms with Gasteiger partial charge in [0.1, 0.15) is 11.1 Å². The smallest absolute Gasteiger partial charge is 0.246 e. The van der Waals surface area contributed by atoms with E-state index in [1.54, 1.807) is 12.4 Å². The Hall–Kier alpha value is -1.80. The minimum atomic E-state index is -0.197. The van der Waals surface area contributed by atoms with E-state index in [1.807, 2.05) is 13.0 Å². The summed E-state index contributed by atoms with van der Waals surface area (Å²) in [5, 5.41) is 10.4. The molecule has 2 aromatic heterocycles. The number of aryl methyl sites for hydroxylation is 1. The van der Waals surface area contributed by atoms with Crippen molar-refractivity contribution in [3.8, 4) is 0 Å². The molecule has 100 valence electrons. The molecule has 2 heterocycles. The van der Waals surface area contributed by atoms with Gasteiger partial charge in [-0.3, -0.25) is 4.79 Å². The fourth-order valence-electron chi connectivity index (χ4n) is 1.48. The van der Waals surface area contributed by atoms with Crippen LogP contribution < -0.4 is 11.1 Å². The van der Waals surface area contributed by atoms with Crippen molar-refractivity contribution in [2.75, 3.05) is 5.32 Å². The lowest BCUT2D eigenvalue weighted by Crippen LogP contribution is -2.19. The fraction of sp³-hybridized carbons (Fsp3) is 0.273. The molecule has 0 unspecified atom stereocenters. The second kappa shape index (κ2) is 5.89. The molecule has 19 heavy (non-hydrogen) atoms. The molecule has 7 nitrogen and oxygen atoms in total. The highest BCUT2D eigenvalue weighted by molar-refractivity contribution is 9.10. The molecule has 0 aliphatic rings. The topological polar surface area (TPSA) is 98.7 Å². The van der Waals surface area contributed by atoms with Crippen molar-refractivity contribution in [2.24, 2.45) is 5.73 Å². The molecule has 2 rings (SSSR count). The van der Waals surface area contributed by atoms with Crippen LogP contribution in [0.2, 0.25) is 0 Å². The summed E-state index contributed by atoms with van der Waals surface area (Å²) in [4.78, 5) is 15.9. The third-order valence-electron chi connectivity index (χ3n) is 2.40. The minimum absolute atomic E-state index is 0.0854. The van der Waals surface area contributed by atoms with Crippen LogP contribution in [0.25, 0.3) is 0 Å². The molecule has 0 bridgehead atoms. The molecule has 1 amide bonds. The van der Waals surface area contributed by atoms with Crippen LogP contribution in [-0.4, -0.2) is 25.9 Å². The number of carbonyl (C=O) groups is 1. The minimum Gasteiger partial charge on any atom is -0.325 e. The van der Waals surface area contributed by atoms with Crippen molar-refractivity contribution in [2.45, 2.75) is 20.0 Å². The van der Waals surface area contributed by atoms with Crippen molar-refractivity contribution in [1.29, 1.82) is 0 Å². The van der Waals surface area contributed by atoms with E-state index in [1.165, 1.54) is 4.68 Å². The maximum Gasteiger partial charge on any atom is 0.246 e. The fourth-order valence-corrected chi connectivity index (χ4v) is 1.70. The summed E-state index contributed by atoms with van der Waals surface area (Å²) in [6, 6.07) is 1.83. The first-order valence-electron chi connectivity index (χ1n) is 5.59. The number of carbonyl (C=O) groups excluding carboxylic acids is 1. The standard InChI is InChI=1S/C11H13BrN6O/c1-7-2-8(4-14-11(7)12)15-10(19)6-18-5-9(3-13)16-17-18/h2,4-5H,3,6,13H2,1H3,(H,15,19). The summed E-state index contributed by atoms with van der Waals surface area (Å²) in [7, 11) is 0. The molecule has 3 N–H and O–H groups in total. The zero-order valence-electron chi connectivity index (χ0n) is 10.3. The predicted molar refractivity (Wildman–Crippen MR) is 73.2 cm³/mol. The first-order chi connectivity index (χ1) is 9.08. The molecule has 0 saturated heterocycles. The van der Waals surface area contributed by atoms with Gasteiger partial charge < -0.3 is 11.1 Å². The molecule has 0 fully saturated rings. The second-order valence-corrected chi connectivity index (χ2v) is 4.74. The Morgan fingerprint density at radius 2 is 2.37 bits per heavy atom.